The van der Waals surface area contributed by atoms with E-state index in [2.05, 4.69) is 11.4 Å². The summed E-state index contributed by atoms with van der Waals surface area (Å²) in [5, 5.41) is 2.85. The highest BCUT2D eigenvalue weighted by atomic mass is 16.5. The molecule has 2 rings (SSSR count). The SMILES string of the molecule is CCOC(=O)C(N)C(=O)NC1CCCc2ccccc21. The molecule has 0 aromatic heterocycles. The second kappa shape index (κ2) is 6.52. The minimum atomic E-state index is -1.26. The third-order valence-electron chi connectivity index (χ3n) is 3.51. The number of nitrogens with two attached hydrogens (primary N) is 1. The minimum absolute atomic E-state index is 0.0760. The van der Waals surface area contributed by atoms with Crippen LogP contribution in [0.1, 0.15) is 36.9 Å². The van der Waals surface area contributed by atoms with Crippen molar-refractivity contribution >= 4 is 11.9 Å². The maximum atomic E-state index is 12.0. The van der Waals surface area contributed by atoms with Crippen molar-refractivity contribution in [2.75, 3.05) is 6.61 Å². The molecule has 1 aliphatic rings. The van der Waals surface area contributed by atoms with Crippen LogP contribution in [0.15, 0.2) is 24.3 Å². The molecule has 0 fully saturated rings. The van der Waals surface area contributed by atoms with E-state index in [0.717, 1.165) is 24.8 Å². The van der Waals surface area contributed by atoms with Gasteiger partial charge in [-0.05, 0) is 37.3 Å². The van der Waals surface area contributed by atoms with Crippen molar-refractivity contribution in [3.63, 3.8) is 0 Å². The number of fused-ring (bicyclic) bond motifs is 1. The van der Waals surface area contributed by atoms with Crippen molar-refractivity contribution < 1.29 is 14.3 Å². The molecule has 3 N–H and O–H groups in total. The largest absolute Gasteiger partial charge is 0.464 e. The van der Waals surface area contributed by atoms with Gasteiger partial charge >= 0.3 is 5.97 Å². The van der Waals surface area contributed by atoms with Gasteiger partial charge < -0.3 is 15.8 Å². The standard InChI is InChI=1S/C15H20N2O3/c1-2-20-15(19)13(16)14(18)17-12-9-5-7-10-6-3-4-8-11(10)12/h3-4,6,8,12-13H,2,5,7,9,16H2,1H3,(H,17,18). The lowest BCUT2D eigenvalue weighted by molar-refractivity contribution is -0.148. The number of carbonyl (C=O) groups is 2. The molecule has 1 aliphatic carbocycles. The third-order valence-corrected chi connectivity index (χ3v) is 3.51. The van der Waals surface area contributed by atoms with Gasteiger partial charge in [0.05, 0.1) is 12.6 Å². The Morgan fingerprint density at radius 2 is 2.20 bits per heavy atom. The molecule has 1 amide bonds. The molecule has 0 saturated carbocycles. The number of hydrogen-bond donors (Lipinski definition) is 2. The van der Waals surface area contributed by atoms with Crippen molar-refractivity contribution in [1.82, 2.24) is 5.32 Å². The highest BCUT2D eigenvalue weighted by Gasteiger charge is 2.28. The summed E-state index contributed by atoms with van der Waals surface area (Å²) in [6, 6.07) is 6.69. The third kappa shape index (κ3) is 3.17. The first-order chi connectivity index (χ1) is 9.63. The first-order valence-electron chi connectivity index (χ1n) is 6.94. The molecule has 0 aliphatic heterocycles. The lowest BCUT2D eigenvalue weighted by atomic mass is 9.87. The van der Waals surface area contributed by atoms with Crippen LogP contribution < -0.4 is 11.1 Å². The van der Waals surface area contributed by atoms with Gasteiger partial charge in [-0.3, -0.25) is 4.79 Å². The number of aryl methyl sites for hydroxylation is 1. The summed E-state index contributed by atoms with van der Waals surface area (Å²) in [6.45, 7) is 1.89. The molecule has 0 heterocycles. The van der Waals surface area contributed by atoms with Crippen molar-refractivity contribution in [2.24, 2.45) is 5.73 Å². The highest BCUT2D eigenvalue weighted by molar-refractivity contribution is 6.01. The molecule has 5 nitrogen and oxygen atoms in total. The Labute approximate surface area is 118 Å². The molecule has 0 spiro atoms. The van der Waals surface area contributed by atoms with E-state index in [1.54, 1.807) is 6.92 Å². The monoisotopic (exact) mass is 276 g/mol. The van der Waals surface area contributed by atoms with Crippen molar-refractivity contribution in [1.29, 1.82) is 0 Å². The fraction of sp³-hybridized carbons (Fsp3) is 0.467. The van der Waals surface area contributed by atoms with Gasteiger partial charge in [0.1, 0.15) is 0 Å². The number of carbonyl (C=O) groups excluding carboxylic acids is 2. The van der Waals surface area contributed by atoms with E-state index in [-0.39, 0.29) is 12.6 Å². The summed E-state index contributed by atoms with van der Waals surface area (Å²) in [7, 11) is 0. The molecule has 2 unspecified atom stereocenters. The fourth-order valence-electron chi connectivity index (χ4n) is 2.50. The normalized spacial score (nSPS) is 18.8. The molecule has 0 bridgehead atoms. The van der Waals surface area contributed by atoms with E-state index in [9.17, 15) is 9.59 Å². The summed E-state index contributed by atoms with van der Waals surface area (Å²) in [5.74, 6) is -1.17. The zero-order valence-electron chi connectivity index (χ0n) is 11.6. The zero-order valence-corrected chi connectivity index (χ0v) is 11.6. The highest BCUT2D eigenvalue weighted by Crippen LogP contribution is 2.29. The quantitative estimate of drug-likeness (QED) is 0.636. The predicted molar refractivity (Wildman–Crippen MR) is 74.9 cm³/mol. The molecular formula is C15H20N2O3. The lowest BCUT2D eigenvalue weighted by Gasteiger charge is -2.27. The molecular weight excluding hydrogens is 256 g/mol. The van der Waals surface area contributed by atoms with Gasteiger partial charge in [0, 0.05) is 0 Å². The van der Waals surface area contributed by atoms with Crippen molar-refractivity contribution in [3.05, 3.63) is 35.4 Å². The maximum absolute atomic E-state index is 12.0. The average molecular weight is 276 g/mol. The van der Waals surface area contributed by atoms with Gasteiger partial charge in [-0.25, -0.2) is 4.79 Å². The zero-order chi connectivity index (χ0) is 14.5. The molecule has 0 radical (unpaired) electrons. The number of esters is 1. The predicted octanol–water partition coefficient (Wildman–Crippen LogP) is 1.07. The fourth-order valence-corrected chi connectivity index (χ4v) is 2.50. The molecule has 20 heavy (non-hydrogen) atoms. The van der Waals surface area contributed by atoms with Crippen LogP contribution in [0.3, 0.4) is 0 Å². The summed E-state index contributed by atoms with van der Waals surface area (Å²) in [4.78, 5) is 23.5. The van der Waals surface area contributed by atoms with E-state index in [0.29, 0.717) is 0 Å². The smallest absolute Gasteiger partial charge is 0.332 e. The number of benzene rings is 1. The van der Waals surface area contributed by atoms with Crippen molar-refractivity contribution in [2.45, 2.75) is 38.3 Å². The van der Waals surface area contributed by atoms with E-state index in [1.807, 2.05) is 18.2 Å². The van der Waals surface area contributed by atoms with E-state index >= 15 is 0 Å². The first-order valence-corrected chi connectivity index (χ1v) is 6.94. The van der Waals surface area contributed by atoms with Crippen LogP contribution in [0.25, 0.3) is 0 Å². The summed E-state index contributed by atoms with van der Waals surface area (Å²) < 4.78 is 4.76. The van der Waals surface area contributed by atoms with Gasteiger partial charge in [0.15, 0.2) is 6.04 Å². The number of ether oxygens (including phenoxy) is 1. The van der Waals surface area contributed by atoms with Crippen LogP contribution in [0.5, 0.6) is 0 Å². The second-order valence-electron chi connectivity index (χ2n) is 4.88. The first kappa shape index (κ1) is 14.5. The molecule has 2 atom stereocenters. The van der Waals surface area contributed by atoms with Gasteiger partial charge in [0.25, 0.3) is 0 Å². The number of nitrogens with one attached hydrogen (secondary N) is 1. The van der Waals surface area contributed by atoms with Crippen LogP contribution in [0.4, 0.5) is 0 Å². The molecule has 0 saturated heterocycles. The van der Waals surface area contributed by atoms with Gasteiger partial charge in [-0.1, -0.05) is 24.3 Å². The number of hydrogen-bond acceptors (Lipinski definition) is 4. The Bertz CT molecular complexity index is 502. The van der Waals surface area contributed by atoms with Gasteiger partial charge in [-0.15, -0.1) is 0 Å². The summed E-state index contributed by atoms with van der Waals surface area (Å²) >= 11 is 0. The van der Waals surface area contributed by atoms with Gasteiger partial charge in [-0.2, -0.15) is 0 Å². The average Bonchev–Trinajstić information content (AvgIpc) is 2.47. The van der Waals surface area contributed by atoms with Crippen LogP contribution in [0.2, 0.25) is 0 Å². The number of amides is 1. The van der Waals surface area contributed by atoms with E-state index in [1.165, 1.54) is 5.56 Å². The Morgan fingerprint density at radius 1 is 1.45 bits per heavy atom. The molecule has 5 heteroatoms. The maximum Gasteiger partial charge on any atom is 0.332 e. The lowest BCUT2D eigenvalue weighted by Crippen LogP contribution is -2.48. The second-order valence-corrected chi connectivity index (χ2v) is 4.88. The molecule has 1 aromatic rings. The Hall–Kier alpha value is -1.88. The molecule has 1 aromatic carbocycles. The Morgan fingerprint density at radius 3 is 2.95 bits per heavy atom. The van der Waals surface area contributed by atoms with Crippen LogP contribution >= 0.6 is 0 Å². The van der Waals surface area contributed by atoms with Crippen LogP contribution in [0, 0.1) is 0 Å². The minimum Gasteiger partial charge on any atom is -0.464 e. The summed E-state index contributed by atoms with van der Waals surface area (Å²) in [6.07, 6.45) is 2.89. The van der Waals surface area contributed by atoms with E-state index < -0.39 is 17.9 Å². The Kier molecular flexibility index (Phi) is 4.74. The summed E-state index contributed by atoms with van der Waals surface area (Å²) in [5.41, 5.74) is 7.96. The van der Waals surface area contributed by atoms with Crippen LogP contribution in [-0.2, 0) is 20.7 Å². The van der Waals surface area contributed by atoms with Crippen molar-refractivity contribution in [3.8, 4) is 0 Å². The van der Waals surface area contributed by atoms with Crippen LogP contribution in [-0.4, -0.2) is 24.5 Å². The molecule has 108 valence electrons. The topological polar surface area (TPSA) is 81.4 Å². The van der Waals surface area contributed by atoms with E-state index in [4.69, 9.17) is 10.5 Å². The van der Waals surface area contributed by atoms with Gasteiger partial charge in [0.2, 0.25) is 5.91 Å². The Balaban J connectivity index is 2.04. The number of rotatable bonds is 4.